The number of para-hydroxylation sites is 1. The van der Waals surface area contributed by atoms with Gasteiger partial charge in [-0.15, -0.1) is 0 Å². The fourth-order valence-corrected chi connectivity index (χ4v) is 2.28. The van der Waals surface area contributed by atoms with Gasteiger partial charge in [-0.25, -0.2) is 4.98 Å². The minimum Gasteiger partial charge on any atom is -0.490 e. The van der Waals surface area contributed by atoms with Crippen molar-refractivity contribution < 1.29 is 9.47 Å². The zero-order valence-corrected chi connectivity index (χ0v) is 11.7. The van der Waals surface area contributed by atoms with Crippen LogP contribution in [0.1, 0.15) is 12.0 Å². The van der Waals surface area contributed by atoms with E-state index in [1.165, 1.54) is 0 Å². The van der Waals surface area contributed by atoms with Gasteiger partial charge in [0, 0.05) is 30.4 Å². The van der Waals surface area contributed by atoms with Crippen LogP contribution in [0.4, 0.5) is 5.69 Å². The minimum atomic E-state index is 0.474. The molecule has 0 unspecified atom stereocenters. The maximum absolute atomic E-state index is 5.87. The zero-order valence-electron chi connectivity index (χ0n) is 10.9. The summed E-state index contributed by atoms with van der Waals surface area (Å²) >= 11 is 5.87. The summed E-state index contributed by atoms with van der Waals surface area (Å²) in [6.45, 7) is 2.03. The molecule has 0 aliphatic carbocycles. The topological polar surface area (TPSA) is 43.4 Å². The van der Waals surface area contributed by atoms with E-state index in [1.807, 2.05) is 24.3 Å². The highest BCUT2D eigenvalue weighted by molar-refractivity contribution is 6.29. The lowest BCUT2D eigenvalue weighted by Crippen LogP contribution is -2.03. The van der Waals surface area contributed by atoms with Crippen LogP contribution in [0.2, 0.25) is 5.15 Å². The number of aromatic nitrogens is 1. The molecule has 1 aliphatic rings. The van der Waals surface area contributed by atoms with Gasteiger partial charge in [0.1, 0.15) is 5.15 Å². The average molecular weight is 291 g/mol. The number of hydrogen-bond donors (Lipinski definition) is 1. The van der Waals surface area contributed by atoms with Gasteiger partial charge >= 0.3 is 0 Å². The van der Waals surface area contributed by atoms with Gasteiger partial charge in [0.15, 0.2) is 11.5 Å². The Bertz CT molecular complexity index is 604. The molecule has 2 aromatic rings. The number of pyridine rings is 1. The van der Waals surface area contributed by atoms with Crippen molar-refractivity contribution in [2.24, 2.45) is 0 Å². The van der Waals surface area contributed by atoms with Crippen LogP contribution in [0.25, 0.3) is 0 Å². The first kappa shape index (κ1) is 13.1. The number of rotatable bonds is 3. The van der Waals surface area contributed by atoms with E-state index >= 15 is 0 Å². The van der Waals surface area contributed by atoms with Gasteiger partial charge in [-0.05, 0) is 18.2 Å². The lowest BCUT2D eigenvalue weighted by atomic mass is 10.2. The van der Waals surface area contributed by atoms with Crippen molar-refractivity contribution >= 4 is 17.3 Å². The molecule has 0 spiro atoms. The van der Waals surface area contributed by atoms with E-state index in [2.05, 4.69) is 10.3 Å². The van der Waals surface area contributed by atoms with Gasteiger partial charge < -0.3 is 14.8 Å². The maximum atomic E-state index is 5.87. The van der Waals surface area contributed by atoms with Gasteiger partial charge in [0.05, 0.1) is 13.2 Å². The molecule has 1 aromatic heterocycles. The number of halogens is 1. The molecular formula is C15H15ClN2O2. The largest absolute Gasteiger partial charge is 0.490 e. The first-order chi connectivity index (χ1) is 9.83. The number of fused-ring (bicyclic) bond motifs is 1. The molecule has 0 bridgehead atoms. The van der Waals surface area contributed by atoms with Crippen LogP contribution < -0.4 is 14.8 Å². The predicted octanol–water partition coefficient (Wildman–Crippen LogP) is 3.51. The Morgan fingerprint density at radius 2 is 2.10 bits per heavy atom. The molecule has 1 aromatic carbocycles. The van der Waals surface area contributed by atoms with Crippen LogP contribution in [0, 0.1) is 0 Å². The van der Waals surface area contributed by atoms with Crippen molar-refractivity contribution in [3.05, 3.63) is 47.2 Å². The van der Waals surface area contributed by atoms with Crippen LogP contribution >= 0.6 is 11.6 Å². The summed E-state index contributed by atoms with van der Waals surface area (Å²) in [5.41, 5.74) is 1.99. The molecule has 1 aliphatic heterocycles. The van der Waals surface area contributed by atoms with Crippen LogP contribution in [-0.2, 0) is 6.54 Å². The molecule has 0 fully saturated rings. The molecule has 0 radical (unpaired) electrons. The molecule has 0 saturated heterocycles. The number of nitrogens with one attached hydrogen (secondary N) is 1. The molecular weight excluding hydrogens is 276 g/mol. The highest BCUT2D eigenvalue weighted by Gasteiger charge is 2.14. The Labute approximate surface area is 122 Å². The summed E-state index contributed by atoms with van der Waals surface area (Å²) in [4.78, 5) is 3.96. The smallest absolute Gasteiger partial charge is 0.166 e. The third kappa shape index (κ3) is 2.96. The monoisotopic (exact) mass is 290 g/mol. The number of hydrogen-bond acceptors (Lipinski definition) is 4. The standard InChI is InChI=1S/C15H15ClN2O2/c16-14-9-12(5-6-17-14)18-10-11-3-1-4-13-15(11)20-8-2-7-19-13/h1,3-6,9H,2,7-8,10H2,(H,17,18). The molecule has 1 N–H and O–H groups in total. The van der Waals surface area contributed by atoms with Crippen molar-refractivity contribution in [1.82, 2.24) is 4.98 Å². The predicted molar refractivity (Wildman–Crippen MR) is 78.6 cm³/mol. The Balaban J connectivity index is 1.77. The third-order valence-electron chi connectivity index (χ3n) is 3.06. The summed E-state index contributed by atoms with van der Waals surface area (Å²) in [6, 6.07) is 9.62. The second-order valence-corrected chi connectivity index (χ2v) is 4.90. The Morgan fingerprint density at radius 1 is 1.20 bits per heavy atom. The molecule has 20 heavy (non-hydrogen) atoms. The summed E-state index contributed by atoms with van der Waals surface area (Å²) in [6.07, 6.45) is 2.58. The SMILES string of the molecule is Clc1cc(NCc2cccc3c2OCCCO3)ccn1. The summed E-state index contributed by atoms with van der Waals surface area (Å²) in [7, 11) is 0. The second-order valence-electron chi connectivity index (χ2n) is 4.52. The number of benzene rings is 1. The van der Waals surface area contributed by atoms with Gasteiger partial charge in [0.2, 0.25) is 0 Å². The molecule has 0 atom stereocenters. The van der Waals surface area contributed by atoms with E-state index in [0.717, 1.165) is 29.2 Å². The second kappa shape index (κ2) is 6.01. The van der Waals surface area contributed by atoms with Crippen LogP contribution in [0.15, 0.2) is 36.5 Å². The molecule has 0 saturated carbocycles. The van der Waals surface area contributed by atoms with E-state index in [9.17, 15) is 0 Å². The lowest BCUT2D eigenvalue weighted by Gasteiger charge is -2.13. The third-order valence-corrected chi connectivity index (χ3v) is 3.27. The van der Waals surface area contributed by atoms with Crippen LogP contribution in [0.5, 0.6) is 11.5 Å². The number of nitrogens with zero attached hydrogens (tertiary/aromatic N) is 1. The quantitative estimate of drug-likeness (QED) is 0.879. The summed E-state index contributed by atoms with van der Waals surface area (Å²) < 4.78 is 11.5. The fourth-order valence-electron chi connectivity index (χ4n) is 2.10. The highest BCUT2D eigenvalue weighted by Crippen LogP contribution is 2.33. The Kier molecular flexibility index (Phi) is 3.92. The van der Waals surface area contributed by atoms with E-state index in [4.69, 9.17) is 21.1 Å². The highest BCUT2D eigenvalue weighted by atomic mass is 35.5. The first-order valence-corrected chi connectivity index (χ1v) is 6.93. The van der Waals surface area contributed by atoms with Crippen LogP contribution in [0.3, 0.4) is 0 Å². The zero-order chi connectivity index (χ0) is 13.8. The van der Waals surface area contributed by atoms with Crippen molar-refractivity contribution in [2.45, 2.75) is 13.0 Å². The lowest BCUT2D eigenvalue weighted by molar-refractivity contribution is 0.296. The van der Waals surface area contributed by atoms with Crippen molar-refractivity contribution in [3.8, 4) is 11.5 Å². The Morgan fingerprint density at radius 3 is 3.00 bits per heavy atom. The van der Waals surface area contributed by atoms with E-state index in [0.29, 0.717) is 24.9 Å². The first-order valence-electron chi connectivity index (χ1n) is 6.56. The summed E-state index contributed by atoms with van der Waals surface area (Å²) in [5, 5.41) is 3.79. The van der Waals surface area contributed by atoms with Crippen LogP contribution in [-0.4, -0.2) is 18.2 Å². The van der Waals surface area contributed by atoms with Gasteiger partial charge in [-0.3, -0.25) is 0 Å². The number of anilines is 1. The normalized spacial score (nSPS) is 13.7. The van der Waals surface area contributed by atoms with E-state index in [-0.39, 0.29) is 0 Å². The molecule has 2 heterocycles. The van der Waals surface area contributed by atoms with Gasteiger partial charge in [-0.2, -0.15) is 0 Å². The number of ether oxygens (including phenoxy) is 2. The van der Waals surface area contributed by atoms with E-state index < -0.39 is 0 Å². The van der Waals surface area contributed by atoms with Gasteiger partial charge in [-0.1, -0.05) is 23.7 Å². The minimum absolute atomic E-state index is 0.474. The van der Waals surface area contributed by atoms with E-state index in [1.54, 1.807) is 12.3 Å². The Hall–Kier alpha value is -1.94. The summed E-state index contributed by atoms with van der Waals surface area (Å²) in [5.74, 6) is 1.65. The van der Waals surface area contributed by atoms with Crippen molar-refractivity contribution in [3.63, 3.8) is 0 Å². The van der Waals surface area contributed by atoms with Gasteiger partial charge in [0.25, 0.3) is 0 Å². The molecule has 4 nitrogen and oxygen atoms in total. The molecule has 3 rings (SSSR count). The van der Waals surface area contributed by atoms with Crippen molar-refractivity contribution in [2.75, 3.05) is 18.5 Å². The average Bonchev–Trinajstić information content (AvgIpc) is 2.71. The maximum Gasteiger partial charge on any atom is 0.166 e. The molecule has 5 heteroatoms. The fraction of sp³-hybridized carbons (Fsp3) is 0.267. The molecule has 104 valence electrons. The van der Waals surface area contributed by atoms with Crippen molar-refractivity contribution in [1.29, 1.82) is 0 Å². The molecule has 0 amide bonds.